The highest BCUT2D eigenvalue weighted by Gasteiger charge is 2.51. The van der Waals surface area contributed by atoms with Crippen LogP contribution in [0.2, 0.25) is 0 Å². The van der Waals surface area contributed by atoms with Gasteiger partial charge in [-0.2, -0.15) is 0 Å². The maximum Gasteiger partial charge on any atom is 0.164 e. The molecule has 2 aliphatic rings. The summed E-state index contributed by atoms with van der Waals surface area (Å²) in [5.74, 6) is 1.90. The van der Waals surface area contributed by atoms with Crippen molar-refractivity contribution in [3.63, 3.8) is 0 Å². The van der Waals surface area contributed by atoms with Crippen LogP contribution < -0.4 is 0 Å². The van der Waals surface area contributed by atoms with Gasteiger partial charge in [0.2, 0.25) is 0 Å². The Hall–Kier alpha value is -8.31. The number of fused-ring (bicyclic) bond motifs is 14. The molecule has 0 saturated heterocycles. The van der Waals surface area contributed by atoms with E-state index in [1.807, 2.05) is 11.3 Å². The molecule has 0 saturated carbocycles. The van der Waals surface area contributed by atoms with E-state index in [9.17, 15) is 0 Å². The van der Waals surface area contributed by atoms with Gasteiger partial charge in [0.25, 0.3) is 0 Å². The number of nitrogens with zero attached hydrogens (tertiary/aromatic N) is 3. The summed E-state index contributed by atoms with van der Waals surface area (Å²) < 4.78 is 2.57. The van der Waals surface area contributed by atoms with Crippen LogP contribution in [0.5, 0.6) is 0 Å². The summed E-state index contributed by atoms with van der Waals surface area (Å²) >= 11 is 1.85. The van der Waals surface area contributed by atoms with Crippen LogP contribution in [-0.2, 0) is 5.41 Å². The summed E-state index contributed by atoms with van der Waals surface area (Å²) in [6.45, 7) is 0. The van der Waals surface area contributed by atoms with Crippen molar-refractivity contribution in [3.05, 3.63) is 247 Å². The Labute approximate surface area is 386 Å². The van der Waals surface area contributed by atoms with Gasteiger partial charge in [-0.15, -0.1) is 11.3 Å². The lowest BCUT2D eigenvalue weighted by atomic mass is 9.70. The largest absolute Gasteiger partial charge is 0.208 e. The number of benzene rings is 10. The van der Waals surface area contributed by atoms with Crippen molar-refractivity contribution < 1.29 is 0 Å². The molecular formula is C62H37N3S. The molecule has 66 heavy (non-hydrogen) atoms. The van der Waals surface area contributed by atoms with E-state index in [-0.39, 0.29) is 0 Å². The first-order valence-electron chi connectivity index (χ1n) is 22.5. The lowest BCUT2D eigenvalue weighted by Crippen LogP contribution is -2.25. The van der Waals surface area contributed by atoms with Gasteiger partial charge in [0.05, 0.1) is 5.41 Å². The molecule has 2 aliphatic carbocycles. The minimum atomic E-state index is -0.479. The first kappa shape index (κ1) is 37.1. The Balaban J connectivity index is 0.959. The van der Waals surface area contributed by atoms with Gasteiger partial charge in [-0.1, -0.05) is 206 Å². The first-order valence-corrected chi connectivity index (χ1v) is 23.3. The summed E-state index contributed by atoms with van der Waals surface area (Å²) in [6.07, 6.45) is 0. The minimum absolute atomic E-state index is 0.479. The zero-order chi connectivity index (χ0) is 43.3. The molecular weight excluding hydrogens is 819 g/mol. The van der Waals surface area contributed by atoms with Gasteiger partial charge in [0, 0.05) is 36.9 Å². The zero-order valence-electron chi connectivity index (χ0n) is 35.6. The Morgan fingerprint density at radius 2 is 0.758 bits per heavy atom. The molecule has 0 bridgehead atoms. The molecule has 0 amide bonds. The van der Waals surface area contributed by atoms with Crippen molar-refractivity contribution in [2.24, 2.45) is 0 Å². The van der Waals surface area contributed by atoms with Gasteiger partial charge >= 0.3 is 0 Å². The number of thiophene rings is 1. The van der Waals surface area contributed by atoms with E-state index in [0.717, 1.165) is 27.8 Å². The van der Waals surface area contributed by atoms with E-state index in [1.54, 1.807) is 0 Å². The monoisotopic (exact) mass is 855 g/mol. The SMILES string of the molecule is c1cc(-c2nc(-c3ccc(-c4cccc5ccccc45)cc3)nc(-c3ccc4c(c3)C3(c5ccccc5-c5ccccc53)c3ccccc3-4)n2)cc(-c2cccc3c2sc2ccccc23)c1. The number of rotatable bonds is 5. The van der Waals surface area contributed by atoms with E-state index in [4.69, 9.17) is 15.0 Å². The molecule has 0 unspecified atom stereocenters. The van der Waals surface area contributed by atoms with Crippen molar-refractivity contribution in [2.45, 2.75) is 5.41 Å². The molecule has 14 rings (SSSR count). The van der Waals surface area contributed by atoms with Gasteiger partial charge in [-0.05, 0) is 95.7 Å². The van der Waals surface area contributed by atoms with Crippen LogP contribution >= 0.6 is 11.3 Å². The average molecular weight is 856 g/mol. The highest BCUT2D eigenvalue weighted by atomic mass is 32.1. The van der Waals surface area contributed by atoms with Crippen LogP contribution in [0.4, 0.5) is 0 Å². The lowest BCUT2D eigenvalue weighted by molar-refractivity contribution is 0.794. The van der Waals surface area contributed by atoms with Crippen molar-refractivity contribution in [1.29, 1.82) is 0 Å². The van der Waals surface area contributed by atoms with Crippen LogP contribution in [0.15, 0.2) is 224 Å². The van der Waals surface area contributed by atoms with Crippen LogP contribution in [0.1, 0.15) is 22.3 Å². The van der Waals surface area contributed by atoms with Gasteiger partial charge in [0.1, 0.15) is 0 Å². The van der Waals surface area contributed by atoms with Gasteiger partial charge in [-0.3, -0.25) is 0 Å². The fourth-order valence-electron chi connectivity index (χ4n) is 11.1. The van der Waals surface area contributed by atoms with E-state index >= 15 is 0 Å². The topological polar surface area (TPSA) is 38.7 Å². The summed E-state index contributed by atoms with van der Waals surface area (Å²) in [5.41, 5.74) is 17.3. The quantitative estimate of drug-likeness (QED) is 0.173. The number of aromatic nitrogens is 3. The predicted octanol–water partition coefficient (Wildman–Crippen LogP) is 16.1. The number of hydrogen-bond acceptors (Lipinski definition) is 4. The van der Waals surface area contributed by atoms with Crippen LogP contribution in [-0.4, -0.2) is 15.0 Å². The second-order valence-electron chi connectivity index (χ2n) is 17.4. The van der Waals surface area contributed by atoms with E-state index < -0.39 is 5.41 Å². The van der Waals surface area contributed by atoms with Gasteiger partial charge in [-0.25, -0.2) is 15.0 Å². The summed E-state index contributed by atoms with van der Waals surface area (Å²) in [5, 5.41) is 5.02. The molecule has 12 aromatic rings. The molecule has 2 aromatic heterocycles. The summed E-state index contributed by atoms with van der Waals surface area (Å²) in [7, 11) is 0. The maximum absolute atomic E-state index is 5.39. The second kappa shape index (κ2) is 14.3. The van der Waals surface area contributed by atoms with Crippen molar-refractivity contribution in [1.82, 2.24) is 15.0 Å². The third-order valence-corrected chi connectivity index (χ3v) is 15.2. The highest BCUT2D eigenvalue weighted by Crippen LogP contribution is 2.63. The Morgan fingerprint density at radius 3 is 1.48 bits per heavy atom. The van der Waals surface area contributed by atoms with Crippen LogP contribution in [0.25, 0.3) is 110 Å². The molecule has 4 heteroatoms. The highest BCUT2D eigenvalue weighted by molar-refractivity contribution is 7.26. The molecule has 0 radical (unpaired) electrons. The fourth-order valence-corrected chi connectivity index (χ4v) is 12.3. The normalized spacial score (nSPS) is 13.0. The van der Waals surface area contributed by atoms with E-state index in [1.165, 1.54) is 86.6 Å². The van der Waals surface area contributed by atoms with Crippen molar-refractivity contribution in [2.75, 3.05) is 0 Å². The molecule has 10 aromatic carbocycles. The molecule has 0 fully saturated rings. The fraction of sp³-hybridized carbons (Fsp3) is 0.0161. The first-order chi connectivity index (χ1) is 32.7. The Morgan fingerprint density at radius 1 is 0.288 bits per heavy atom. The molecule has 2 heterocycles. The Bertz CT molecular complexity index is 3890. The zero-order valence-corrected chi connectivity index (χ0v) is 36.4. The third kappa shape index (κ3) is 5.40. The standard InChI is InChI=1S/C62H37N3S/c1-2-18-44-38(14-1)15-12-23-45(44)39-30-32-40(33-31-39)59-63-60(42-17-11-16-41(36-42)46-24-13-25-52-51-22-6-10-29-57(51)66-58(46)52)65-61(64-59)43-34-35-50-49-21-5-9-28-55(49)62(56(50)37-43)53-26-7-3-19-47(53)48-20-4-8-27-54(48)62/h1-37H. The summed E-state index contributed by atoms with van der Waals surface area (Å²) in [4.78, 5) is 16.0. The molecule has 3 nitrogen and oxygen atoms in total. The van der Waals surface area contributed by atoms with Crippen LogP contribution in [0.3, 0.4) is 0 Å². The smallest absolute Gasteiger partial charge is 0.164 e. The Kier molecular flexibility index (Phi) is 8.07. The maximum atomic E-state index is 5.39. The molecule has 0 N–H and O–H groups in total. The van der Waals surface area contributed by atoms with Crippen molar-refractivity contribution in [3.8, 4) is 78.7 Å². The van der Waals surface area contributed by atoms with Crippen molar-refractivity contribution >= 4 is 42.3 Å². The molecule has 306 valence electrons. The van der Waals surface area contributed by atoms with Gasteiger partial charge in [0.15, 0.2) is 17.5 Å². The predicted molar refractivity (Wildman–Crippen MR) is 274 cm³/mol. The van der Waals surface area contributed by atoms with Gasteiger partial charge < -0.3 is 0 Å². The minimum Gasteiger partial charge on any atom is -0.208 e. The van der Waals surface area contributed by atoms with Crippen LogP contribution in [0, 0.1) is 0 Å². The third-order valence-electron chi connectivity index (χ3n) is 14.0. The lowest BCUT2D eigenvalue weighted by Gasteiger charge is -2.30. The number of hydrogen-bond donors (Lipinski definition) is 0. The second-order valence-corrected chi connectivity index (χ2v) is 18.5. The molecule has 0 atom stereocenters. The average Bonchev–Trinajstić information content (AvgIpc) is 4.03. The van der Waals surface area contributed by atoms with E-state index in [0.29, 0.717) is 17.5 Å². The molecule has 1 spiro atoms. The summed E-state index contributed by atoms with van der Waals surface area (Å²) in [6, 6.07) is 81.4. The molecule has 0 aliphatic heterocycles. The van der Waals surface area contributed by atoms with E-state index in [2.05, 4.69) is 224 Å².